The molecule has 0 aromatic heterocycles. The highest BCUT2D eigenvalue weighted by atomic mass is 35.5. The van der Waals surface area contributed by atoms with E-state index in [1.165, 1.54) is 0 Å². The van der Waals surface area contributed by atoms with E-state index in [1.807, 2.05) is 0 Å². The summed E-state index contributed by atoms with van der Waals surface area (Å²) < 4.78 is -0.198. The Hall–Kier alpha value is 0.280. The number of hydrogen-bond donors (Lipinski definition) is 0. The van der Waals surface area contributed by atoms with Gasteiger partial charge in [-0.05, 0) is 0 Å². The number of allylic oxidation sites excluding steroid dienone is 1. The molecule has 0 heterocycles. The van der Waals surface area contributed by atoms with Crippen LogP contribution in [0.5, 0.6) is 0 Å². The van der Waals surface area contributed by atoms with Crippen molar-refractivity contribution in [3.63, 3.8) is 0 Å². The summed E-state index contributed by atoms with van der Waals surface area (Å²) >= 11 is 15.1. The zero-order chi connectivity index (χ0) is 5.86. The minimum Gasteiger partial charge on any atom is -0.297 e. The van der Waals surface area contributed by atoms with E-state index < -0.39 is 0 Å². The number of carbonyl (C=O) groups is 1. The van der Waals surface area contributed by atoms with Crippen LogP contribution in [0.15, 0.2) is 9.52 Å². The molecule has 0 aliphatic rings. The van der Waals surface area contributed by atoms with Crippen LogP contribution in [-0.4, -0.2) is 6.29 Å². The summed E-state index contributed by atoms with van der Waals surface area (Å²) in [7, 11) is 0. The maximum atomic E-state index is 9.59. The molecular formula is C3HCl3O. The molecule has 0 spiro atoms. The van der Waals surface area contributed by atoms with Crippen molar-refractivity contribution in [3.8, 4) is 0 Å². The molecule has 0 rings (SSSR count). The number of hydrogen-bond acceptors (Lipinski definition) is 1. The van der Waals surface area contributed by atoms with E-state index in [1.54, 1.807) is 0 Å². The summed E-state index contributed by atoms with van der Waals surface area (Å²) in [5.74, 6) is 0. The molecule has 0 fully saturated rings. The predicted octanol–water partition coefficient (Wildman–Crippen LogP) is 2.07. The van der Waals surface area contributed by atoms with Crippen molar-refractivity contribution in [2.45, 2.75) is 0 Å². The first-order chi connectivity index (χ1) is 3.18. The number of halogens is 3. The second-order valence-electron chi connectivity index (χ2n) is 0.726. The van der Waals surface area contributed by atoms with Crippen LogP contribution in [0.1, 0.15) is 0 Å². The van der Waals surface area contributed by atoms with Gasteiger partial charge in [0.05, 0.1) is 0 Å². The summed E-state index contributed by atoms with van der Waals surface area (Å²) in [6.07, 6.45) is 0.372. The van der Waals surface area contributed by atoms with E-state index in [0.717, 1.165) is 0 Å². The standard InChI is InChI=1S/C3HCl3O/c4-2(1-7)3(5)6/h1H. The lowest BCUT2D eigenvalue weighted by Gasteiger charge is -1.78. The smallest absolute Gasteiger partial charge is 0.163 e. The summed E-state index contributed by atoms with van der Waals surface area (Å²) in [5.41, 5.74) is 0. The van der Waals surface area contributed by atoms with Crippen molar-refractivity contribution in [2.75, 3.05) is 0 Å². The normalized spacial score (nSPS) is 7.86. The maximum absolute atomic E-state index is 9.59. The Labute approximate surface area is 55.9 Å². The fourth-order valence-electron chi connectivity index (χ4n) is 0.0445. The van der Waals surface area contributed by atoms with Gasteiger partial charge in [-0.1, -0.05) is 34.8 Å². The summed E-state index contributed by atoms with van der Waals surface area (Å²) in [6, 6.07) is 0. The van der Waals surface area contributed by atoms with E-state index in [9.17, 15) is 4.79 Å². The SMILES string of the molecule is O=CC(Cl)=C(Cl)Cl. The monoisotopic (exact) mass is 158 g/mol. The molecule has 4 heteroatoms. The molecule has 0 unspecified atom stereocenters. The Bertz CT molecular complexity index is 103. The van der Waals surface area contributed by atoms with Crippen molar-refractivity contribution in [3.05, 3.63) is 9.52 Å². The summed E-state index contributed by atoms with van der Waals surface area (Å²) in [4.78, 5) is 9.59. The van der Waals surface area contributed by atoms with Crippen molar-refractivity contribution in [2.24, 2.45) is 0 Å². The lowest BCUT2D eigenvalue weighted by atomic mass is 10.7. The van der Waals surface area contributed by atoms with Gasteiger partial charge in [0.15, 0.2) is 6.29 Å². The molecule has 0 N–H and O–H groups in total. The first-order valence-corrected chi connectivity index (χ1v) is 2.48. The Morgan fingerprint density at radius 1 is 1.29 bits per heavy atom. The molecule has 40 valence electrons. The Balaban J connectivity index is 3.98. The molecular weight excluding hydrogens is 158 g/mol. The highest BCUT2D eigenvalue weighted by Gasteiger charge is 1.92. The van der Waals surface area contributed by atoms with Crippen molar-refractivity contribution in [1.82, 2.24) is 0 Å². The third-order valence-corrected chi connectivity index (χ3v) is 1.16. The summed E-state index contributed by atoms with van der Waals surface area (Å²) in [5, 5.41) is -0.164. The Morgan fingerprint density at radius 3 is 1.71 bits per heavy atom. The van der Waals surface area contributed by atoms with Crippen LogP contribution in [0.25, 0.3) is 0 Å². The molecule has 0 radical (unpaired) electrons. The molecule has 7 heavy (non-hydrogen) atoms. The molecule has 0 amide bonds. The average molecular weight is 159 g/mol. The fourth-order valence-corrected chi connectivity index (χ4v) is 0.134. The molecule has 0 aromatic rings. The van der Waals surface area contributed by atoms with Crippen LogP contribution < -0.4 is 0 Å². The number of aldehydes is 1. The van der Waals surface area contributed by atoms with Crippen molar-refractivity contribution >= 4 is 41.1 Å². The minimum absolute atomic E-state index is 0.164. The largest absolute Gasteiger partial charge is 0.297 e. The molecule has 0 aliphatic heterocycles. The van der Waals surface area contributed by atoms with Gasteiger partial charge in [0.25, 0.3) is 0 Å². The van der Waals surface area contributed by atoms with Crippen LogP contribution in [0.2, 0.25) is 0 Å². The van der Waals surface area contributed by atoms with E-state index in [4.69, 9.17) is 34.8 Å². The molecule has 1 nitrogen and oxygen atoms in total. The van der Waals surface area contributed by atoms with Gasteiger partial charge in [0, 0.05) is 0 Å². The van der Waals surface area contributed by atoms with Gasteiger partial charge >= 0.3 is 0 Å². The topological polar surface area (TPSA) is 17.1 Å². The predicted molar refractivity (Wildman–Crippen MR) is 30.6 cm³/mol. The lowest BCUT2D eigenvalue weighted by Crippen LogP contribution is -1.69. The molecule has 0 saturated carbocycles. The fraction of sp³-hybridized carbons (Fsp3) is 0. The third-order valence-electron chi connectivity index (χ3n) is 0.284. The zero-order valence-electron chi connectivity index (χ0n) is 3.12. The maximum Gasteiger partial charge on any atom is 0.163 e. The van der Waals surface area contributed by atoms with Gasteiger partial charge in [-0.3, -0.25) is 4.79 Å². The quantitative estimate of drug-likeness (QED) is 0.423. The van der Waals surface area contributed by atoms with E-state index >= 15 is 0 Å². The first-order valence-electron chi connectivity index (χ1n) is 1.34. The first kappa shape index (κ1) is 7.28. The second kappa shape index (κ2) is 3.30. The molecule has 0 atom stereocenters. The van der Waals surface area contributed by atoms with Gasteiger partial charge in [0.2, 0.25) is 0 Å². The van der Waals surface area contributed by atoms with Crippen LogP contribution in [0, 0.1) is 0 Å². The second-order valence-corrected chi connectivity index (χ2v) is 2.08. The van der Waals surface area contributed by atoms with E-state index in [0.29, 0.717) is 6.29 Å². The van der Waals surface area contributed by atoms with Gasteiger partial charge in [0.1, 0.15) is 9.52 Å². The molecule has 0 aliphatic carbocycles. The molecule has 0 aromatic carbocycles. The number of rotatable bonds is 1. The van der Waals surface area contributed by atoms with Gasteiger partial charge in [-0.2, -0.15) is 0 Å². The molecule has 0 bridgehead atoms. The third kappa shape index (κ3) is 2.92. The minimum atomic E-state index is -0.198. The van der Waals surface area contributed by atoms with Crippen LogP contribution in [-0.2, 0) is 4.79 Å². The van der Waals surface area contributed by atoms with Crippen molar-refractivity contribution in [1.29, 1.82) is 0 Å². The Kier molecular flexibility index (Phi) is 3.44. The highest BCUT2D eigenvalue weighted by Crippen LogP contribution is 2.14. The number of carbonyl (C=O) groups excluding carboxylic acids is 1. The molecule has 0 saturated heterocycles. The Morgan fingerprint density at radius 2 is 1.71 bits per heavy atom. The van der Waals surface area contributed by atoms with Gasteiger partial charge < -0.3 is 0 Å². The summed E-state index contributed by atoms with van der Waals surface area (Å²) in [6.45, 7) is 0. The van der Waals surface area contributed by atoms with Crippen LogP contribution in [0.4, 0.5) is 0 Å². The van der Waals surface area contributed by atoms with Gasteiger partial charge in [-0.25, -0.2) is 0 Å². The van der Waals surface area contributed by atoms with Gasteiger partial charge in [-0.15, -0.1) is 0 Å². The van der Waals surface area contributed by atoms with E-state index in [-0.39, 0.29) is 9.52 Å². The van der Waals surface area contributed by atoms with Crippen LogP contribution >= 0.6 is 34.8 Å². The van der Waals surface area contributed by atoms with Crippen molar-refractivity contribution < 1.29 is 4.79 Å². The zero-order valence-corrected chi connectivity index (χ0v) is 5.39. The lowest BCUT2D eigenvalue weighted by molar-refractivity contribution is -0.104. The van der Waals surface area contributed by atoms with Crippen LogP contribution in [0.3, 0.4) is 0 Å². The average Bonchev–Trinajstić information content (AvgIpc) is 1.65. The van der Waals surface area contributed by atoms with E-state index in [2.05, 4.69) is 0 Å². The highest BCUT2D eigenvalue weighted by molar-refractivity contribution is 6.61.